The molecule has 1 heterocycles. The van der Waals surface area contributed by atoms with Crippen LogP contribution in [0.3, 0.4) is 0 Å². The Balaban J connectivity index is 2.12. The van der Waals surface area contributed by atoms with E-state index in [9.17, 15) is 9.59 Å². The molecular weight excluding hydrogens is 290 g/mol. The molecule has 3 N–H and O–H groups in total. The van der Waals surface area contributed by atoms with Crippen LogP contribution in [0.5, 0.6) is 0 Å². The van der Waals surface area contributed by atoms with Crippen LogP contribution in [0.25, 0.3) is 0 Å². The molecule has 6 heteroatoms. The summed E-state index contributed by atoms with van der Waals surface area (Å²) in [6.45, 7) is 0. The van der Waals surface area contributed by atoms with E-state index >= 15 is 0 Å². The van der Waals surface area contributed by atoms with E-state index in [1.807, 2.05) is 6.07 Å². The maximum absolute atomic E-state index is 12.0. The van der Waals surface area contributed by atoms with Crippen molar-refractivity contribution in [2.24, 2.45) is 5.73 Å². The Bertz CT molecular complexity index is 646. The number of benzene rings is 1. The average Bonchev–Trinajstić information content (AvgIpc) is 2.49. The summed E-state index contributed by atoms with van der Waals surface area (Å²) in [5, 5.41) is 3.12. The second kappa shape index (κ2) is 6.85. The van der Waals surface area contributed by atoms with E-state index in [1.54, 1.807) is 36.5 Å². The van der Waals surface area contributed by atoms with Crippen molar-refractivity contribution in [2.75, 3.05) is 0 Å². The fourth-order valence-electron chi connectivity index (χ4n) is 1.85. The summed E-state index contributed by atoms with van der Waals surface area (Å²) in [6, 6.07) is 9.52. The molecule has 1 atom stereocenters. The van der Waals surface area contributed by atoms with Gasteiger partial charge in [0.05, 0.1) is 5.56 Å². The smallest absolute Gasteiger partial charge is 0.253 e. The zero-order chi connectivity index (χ0) is 15.2. The molecule has 0 aliphatic carbocycles. The molecule has 0 bridgehead atoms. The van der Waals surface area contributed by atoms with Crippen molar-refractivity contribution in [3.05, 3.63) is 64.9 Å². The quantitative estimate of drug-likeness (QED) is 0.879. The fraction of sp³-hybridized carbons (Fsp3) is 0.133. The normalized spacial score (nSPS) is 11.7. The van der Waals surface area contributed by atoms with Crippen molar-refractivity contribution in [1.82, 2.24) is 10.3 Å². The number of aromatic nitrogens is 1. The molecule has 2 amide bonds. The minimum absolute atomic E-state index is 0.237. The molecule has 2 rings (SSSR count). The molecule has 0 spiro atoms. The van der Waals surface area contributed by atoms with Crippen LogP contribution in [0.2, 0.25) is 5.02 Å². The lowest BCUT2D eigenvalue weighted by molar-refractivity contribution is -0.119. The number of hydrogen-bond acceptors (Lipinski definition) is 3. The first-order valence-electron chi connectivity index (χ1n) is 6.31. The molecule has 21 heavy (non-hydrogen) atoms. The van der Waals surface area contributed by atoms with Crippen LogP contribution in [0.1, 0.15) is 15.9 Å². The highest BCUT2D eigenvalue weighted by atomic mass is 35.5. The van der Waals surface area contributed by atoms with Crippen molar-refractivity contribution >= 4 is 23.4 Å². The summed E-state index contributed by atoms with van der Waals surface area (Å²) in [4.78, 5) is 27.4. The molecular formula is C15H14ClN3O2. The molecule has 108 valence electrons. The SMILES string of the molecule is NC(=O)[C@H](Cc1ccccc1Cl)NC(=O)c1cccnc1. The lowest BCUT2D eigenvalue weighted by atomic mass is 10.0. The van der Waals surface area contributed by atoms with E-state index in [1.165, 1.54) is 6.20 Å². The number of nitrogens with two attached hydrogens (primary N) is 1. The van der Waals surface area contributed by atoms with Crippen LogP contribution >= 0.6 is 11.6 Å². The highest BCUT2D eigenvalue weighted by Gasteiger charge is 2.20. The van der Waals surface area contributed by atoms with Gasteiger partial charge in [0, 0.05) is 23.8 Å². The molecule has 0 radical (unpaired) electrons. The van der Waals surface area contributed by atoms with Gasteiger partial charge in [0.15, 0.2) is 0 Å². The Hall–Kier alpha value is -2.40. The summed E-state index contributed by atoms with van der Waals surface area (Å²) in [5.74, 6) is -1.02. The van der Waals surface area contributed by atoms with Gasteiger partial charge < -0.3 is 11.1 Å². The molecule has 2 aromatic rings. The summed E-state index contributed by atoms with van der Waals surface area (Å²) in [5.41, 5.74) is 6.46. The Kier molecular flexibility index (Phi) is 4.90. The van der Waals surface area contributed by atoms with Gasteiger partial charge in [-0.05, 0) is 23.8 Å². The number of pyridine rings is 1. The van der Waals surface area contributed by atoms with E-state index < -0.39 is 17.9 Å². The molecule has 0 aliphatic heterocycles. The van der Waals surface area contributed by atoms with E-state index in [4.69, 9.17) is 17.3 Å². The fourth-order valence-corrected chi connectivity index (χ4v) is 2.06. The standard InChI is InChI=1S/C15H14ClN3O2/c16-12-6-2-1-4-10(12)8-13(14(17)20)19-15(21)11-5-3-7-18-9-11/h1-7,9,13H,8H2,(H2,17,20)(H,19,21)/t13-/m0/s1. The number of amides is 2. The van der Waals surface area contributed by atoms with Gasteiger partial charge in [0.2, 0.25) is 5.91 Å². The molecule has 0 aliphatic rings. The van der Waals surface area contributed by atoms with Crippen LogP contribution in [0.15, 0.2) is 48.8 Å². The topological polar surface area (TPSA) is 85.1 Å². The van der Waals surface area contributed by atoms with Gasteiger partial charge in [0.1, 0.15) is 6.04 Å². The van der Waals surface area contributed by atoms with Crippen molar-refractivity contribution in [3.63, 3.8) is 0 Å². The van der Waals surface area contributed by atoms with Gasteiger partial charge in [-0.25, -0.2) is 0 Å². The van der Waals surface area contributed by atoms with Crippen molar-refractivity contribution < 1.29 is 9.59 Å². The monoisotopic (exact) mass is 303 g/mol. The lowest BCUT2D eigenvalue weighted by Gasteiger charge is -2.16. The van der Waals surface area contributed by atoms with Crippen LogP contribution in [-0.2, 0) is 11.2 Å². The third kappa shape index (κ3) is 4.03. The number of carbonyl (C=O) groups is 2. The molecule has 0 saturated carbocycles. The molecule has 5 nitrogen and oxygen atoms in total. The Morgan fingerprint density at radius 2 is 2.00 bits per heavy atom. The van der Waals surface area contributed by atoms with Crippen LogP contribution in [-0.4, -0.2) is 22.8 Å². The number of nitrogens with zero attached hydrogens (tertiary/aromatic N) is 1. The maximum atomic E-state index is 12.0. The third-order valence-electron chi connectivity index (χ3n) is 2.95. The predicted octanol–water partition coefficient (Wildman–Crippen LogP) is 1.56. The number of nitrogens with one attached hydrogen (secondary N) is 1. The molecule has 1 aromatic carbocycles. The zero-order valence-electron chi connectivity index (χ0n) is 11.1. The molecule has 0 saturated heterocycles. The van der Waals surface area contributed by atoms with Crippen LogP contribution in [0.4, 0.5) is 0 Å². The van der Waals surface area contributed by atoms with E-state index in [0.717, 1.165) is 5.56 Å². The van der Waals surface area contributed by atoms with E-state index in [2.05, 4.69) is 10.3 Å². The molecule has 0 fully saturated rings. The Labute approximate surface area is 127 Å². The second-order valence-corrected chi connectivity index (χ2v) is 4.87. The summed E-state index contributed by atoms with van der Waals surface area (Å²) in [6.07, 6.45) is 3.22. The first-order valence-corrected chi connectivity index (χ1v) is 6.69. The summed E-state index contributed by atoms with van der Waals surface area (Å²) >= 11 is 6.05. The Morgan fingerprint density at radius 3 is 2.62 bits per heavy atom. The van der Waals surface area contributed by atoms with Crippen molar-refractivity contribution in [3.8, 4) is 0 Å². The van der Waals surface area contributed by atoms with Crippen LogP contribution < -0.4 is 11.1 Å². The molecule has 1 aromatic heterocycles. The number of carbonyl (C=O) groups excluding carboxylic acids is 2. The largest absolute Gasteiger partial charge is 0.368 e. The number of primary amides is 1. The van der Waals surface area contributed by atoms with Gasteiger partial charge in [0.25, 0.3) is 5.91 Å². The number of halogens is 1. The maximum Gasteiger partial charge on any atom is 0.253 e. The summed E-state index contributed by atoms with van der Waals surface area (Å²) in [7, 11) is 0. The van der Waals surface area contributed by atoms with Gasteiger partial charge in [-0.15, -0.1) is 0 Å². The average molecular weight is 304 g/mol. The highest BCUT2D eigenvalue weighted by molar-refractivity contribution is 6.31. The van der Waals surface area contributed by atoms with Crippen LogP contribution in [0, 0.1) is 0 Å². The van der Waals surface area contributed by atoms with E-state index in [-0.39, 0.29) is 6.42 Å². The van der Waals surface area contributed by atoms with E-state index in [0.29, 0.717) is 10.6 Å². The van der Waals surface area contributed by atoms with Crippen molar-refractivity contribution in [1.29, 1.82) is 0 Å². The minimum Gasteiger partial charge on any atom is -0.368 e. The summed E-state index contributed by atoms with van der Waals surface area (Å²) < 4.78 is 0. The third-order valence-corrected chi connectivity index (χ3v) is 3.32. The lowest BCUT2D eigenvalue weighted by Crippen LogP contribution is -2.45. The highest BCUT2D eigenvalue weighted by Crippen LogP contribution is 2.16. The van der Waals surface area contributed by atoms with Gasteiger partial charge in [-0.3, -0.25) is 14.6 Å². The van der Waals surface area contributed by atoms with Gasteiger partial charge >= 0.3 is 0 Å². The minimum atomic E-state index is -0.836. The van der Waals surface area contributed by atoms with Gasteiger partial charge in [-0.2, -0.15) is 0 Å². The number of hydrogen-bond donors (Lipinski definition) is 2. The molecule has 0 unspecified atom stereocenters. The zero-order valence-corrected chi connectivity index (χ0v) is 11.9. The predicted molar refractivity (Wildman–Crippen MR) is 79.8 cm³/mol. The first-order chi connectivity index (χ1) is 10.1. The van der Waals surface area contributed by atoms with Gasteiger partial charge in [-0.1, -0.05) is 29.8 Å². The Morgan fingerprint density at radius 1 is 1.24 bits per heavy atom. The van der Waals surface area contributed by atoms with Crippen molar-refractivity contribution in [2.45, 2.75) is 12.5 Å². The second-order valence-electron chi connectivity index (χ2n) is 4.47. The first kappa shape index (κ1) is 15.0. The number of rotatable bonds is 5.